The number of fused-ring (bicyclic) bond motifs is 3. The van der Waals surface area contributed by atoms with E-state index in [1.165, 1.54) is 11.8 Å². The van der Waals surface area contributed by atoms with Gasteiger partial charge in [0.15, 0.2) is 0 Å². The Morgan fingerprint density at radius 1 is 1.13 bits per heavy atom. The quantitative estimate of drug-likeness (QED) is 0.562. The highest BCUT2D eigenvalue weighted by molar-refractivity contribution is 7.98. The second-order valence-electron chi connectivity index (χ2n) is 5.07. The van der Waals surface area contributed by atoms with Gasteiger partial charge in [-0.15, -0.1) is 11.8 Å². The summed E-state index contributed by atoms with van der Waals surface area (Å²) in [4.78, 5) is 20.5. The molecule has 0 saturated heterocycles. The Balaban J connectivity index is 1.71. The molecular weight excluding hydrogens is 312 g/mol. The van der Waals surface area contributed by atoms with Crippen LogP contribution in [0, 0.1) is 0 Å². The topological polar surface area (TPSA) is 79.1 Å². The first-order valence-electron chi connectivity index (χ1n) is 7.03. The minimum absolute atomic E-state index is 0.229. The molecule has 2 heterocycles. The van der Waals surface area contributed by atoms with Crippen molar-refractivity contribution in [1.29, 1.82) is 0 Å². The van der Waals surface area contributed by atoms with Crippen molar-refractivity contribution in [3.05, 3.63) is 64.7 Å². The number of aromatic amines is 1. The summed E-state index contributed by atoms with van der Waals surface area (Å²) < 4.78 is 5.57. The minimum Gasteiger partial charge on any atom is -0.508 e. The third-order valence-electron chi connectivity index (χ3n) is 3.49. The van der Waals surface area contributed by atoms with E-state index < -0.39 is 0 Å². The highest BCUT2D eigenvalue weighted by Crippen LogP contribution is 2.26. The summed E-state index contributed by atoms with van der Waals surface area (Å²) in [6.07, 6.45) is 0. The molecule has 0 spiro atoms. The molecule has 23 heavy (non-hydrogen) atoms. The van der Waals surface area contributed by atoms with Crippen LogP contribution in [0.3, 0.4) is 0 Å². The van der Waals surface area contributed by atoms with Gasteiger partial charge < -0.3 is 14.5 Å². The molecule has 0 saturated carbocycles. The zero-order valence-electron chi connectivity index (χ0n) is 11.9. The fourth-order valence-electron chi connectivity index (χ4n) is 2.41. The van der Waals surface area contributed by atoms with Gasteiger partial charge in [-0.3, -0.25) is 4.79 Å². The highest BCUT2D eigenvalue weighted by Gasteiger charge is 2.12. The number of benzene rings is 2. The van der Waals surface area contributed by atoms with Crippen molar-refractivity contribution in [3.63, 3.8) is 0 Å². The summed E-state index contributed by atoms with van der Waals surface area (Å²) >= 11 is 1.53. The number of aromatic nitrogens is 2. The van der Waals surface area contributed by atoms with Crippen LogP contribution in [0.25, 0.3) is 22.1 Å². The number of aromatic hydroxyl groups is 1. The largest absolute Gasteiger partial charge is 0.508 e. The Bertz CT molecular complexity index is 1050. The first-order valence-corrected chi connectivity index (χ1v) is 8.01. The van der Waals surface area contributed by atoms with E-state index in [-0.39, 0.29) is 16.9 Å². The molecule has 0 radical (unpaired) electrons. The van der Waals surface area contributed by atoms with Gasteiger partial charge in [-0.1, -0.05) is 12.1 Å². The van der Waals surface area contributed by atoms with E-state index in [2.05, 4.69) is 9.97 Å². The van der Waals surface area contributed by atoms with Gasteiger partial charge in [-0.25, -0.2) is 4.98 Å². The number of rotatable bonds is 3. The van der Waals surface area contributed by atoms with E-state index in [1.807, 2.05) is 36.4 Å². The van der Waals surface area contributed by atoms with Crippen LogP contribution in [0.4, 0.5) is 0 Å². The SMILES string of the molecule is O=c1[nH]c(CSc2ccc(O)cc2)nc2c1oc1ccccc12. The van der Waals surface area contributed by atoms with Crippen LogP contribution in [0.15, 0.2) is 62.6 Å². The number of nitrogens with one attached hydrogen (secondary N) is 1. The average molecular weight is 324 g/mol. The third-order valence-corrected chi connectivity index (χ3v) is 4.52. The number of H-pyrrole nitrogens is 1. The van der Waals surface area contributed by atoms with Crippen molar-refractivity contribution in [2.45, 2.75) is 10.6 Å². The van der Waals surface area contributed by atoms with E-state index in [0.29, 0.717) is 22.7 Å². The molecule has 0 bridgehead atoms. The van der Waals surface area contributed by atoms with Gasteiger partial charge in [0, 0.05) is 10.3 Å². The first-order chi connectivity index (χ1) is 11.2. The van der Waals surface area contributed by atoms with Crippen LogP contribution < -0.4 is 5.56 Å². The molecule has 6 heteroatoms. The third kappa shape index (κ3) is 2.57. The Kier molecular flexibility index (Phi) is 3.31. The molecule has 0 unspecified atom stereocenters. The van der Waals surface area contributed by atoms with Crippen LogP contribution in [-0.2, 0) is 5.75 Å². The van der Waals surface area contributed by atoms with Crippen LogP contribution >= 0.6 is 11.8 Å². The van der Waals surface area contributed by atoms with E-state index in [9.17, 15) is 9.90 Å². The monoisotopic (exact) mass is 324 g/mol. The number of phenols is 1. The molecule has 0 amide bonds. The lowest BCUT2D eigenvalue weighted by atomic mass is 10.2. The van der Waals surface area contributed by atoms with Crippen molar-refractivity contribution >= 4 is 33.8 Å². The van der Waals surface area contributed by atoms with Gasteiger partial charge >= 0.3 is 0 Å². The number of thioether (sulfide) groups is 1. The molecule has 2 aromatic heterocycles. The van der Waals surface area contributed by atoms with Crippen molar-refractivity contribution in [3.8, 4) is 5.75 Å². The smallest absolute Gasteiger partial charge is 0.294 e. The van der Waals surface area contributed by atoms with Crippen LogP contribution in [-0.4, -0.2) is 15.1 Å². The molecule has 5 nitrogen and oxygen atoms in total. The maximum atomic E-state index is 12.2. The lowest BCUT2D eigenvalue weighted by molar-refractivity contribution is 0.475. The minimum atomic E-state index is -0.271. The standard InChI is InChI=1S/C17H12N2O3S/c20-10-5-7-11(8-6-10)23-9-14-18-15-12-3-1-2-4-13(12)22-16(15)17(21)19-14/h1-8,20H,9H2,(H,18,19,21). The first kappa shape index (κ1) is 13.9. The van der Waals surface area contributed by atoms with Gasteiger partial charge in [-0.2, -0.15) is 0 Å². The molecule has 2 aromatic carbocycles. The number of nitrogens with zero attached hydrogens (tertiary/aromatic N) is 1. The summed E-state index contributed by atoms with van der Waals surface area (Å²) in [5.74, 6) is 1.34. The van der Waals surface area contributed by atoms with Crippen molar-refractivity contribution in [2.24, 2.45) is 0 Å². The van der Waals surface area contributed by atoms with Crippen molar-refractivity contribution in [1.82, 2.24) is 9.97 Å². The van der Waals surface area contributed by atoms with E-state index in [0.717, 1.165) is 10.3 Å². The van der Waals surface area contributed by atoms with E-state index in [1.54, 1.807) is 12.1 Å². The van der Waals surface area contributed by atoms with Crippen molar-refractivity contribution in [2.75, 3.05) is 0 Å². The van der Waals surface area contributed by atoms with Gasteiger partial charge in [-0.05, 0) is 36.4 Å². The fourth-order valence-corrected chi connectivity index (χ4v) is 3.18. The van der Waals surface area contributed by atoms with Gasteiger partial charge in [0.1, 0.15) is 22.7 Å². The lowest BCUT2D eigenvalue weighted by Crippen LogP contribution is -2.10. The molecule has 0 aliphatic heterocycles. The molecule has 4 rings (SSSR count). The fraction of sp³-hybridized carbons (Fsp3) is 0.0588. The number of hydrogen-bond acceptors (Lipinski definition) is 5. The van der Waals surface area contributed by atoms with Crippen LogP contribution in [0.2, 0.25) is 0 Å². The Hall–Kier alpha value is -2.73. The molecule has 0 fully saturated rings. The summed E-state index contributed by atoms with van der Waals surface area (Å²) in [5.41, 5.74) is 1.23. The molecular formula is C17H12N2O3S. The molecule has 114 valence electrons. The molecule has 0 aliphatic rings. The average Bonchev–Trinajstić information content (AvgIpc) is 2.94. The van der Waals surface area contributed by atoms with Gasteiger partial charge in [0.25, 0.3) is 5.56 Å². The molecule has 2 N–H and O–H groups in total. The Morgan fingerprint density at radius 2 is 1.91 bits per heavy atom. The maximum absolute atomic E-state index is 12.2. The maximum Gasteiger partial charge on any atom is 0.294 e. The molecule has 0 aliphatic carbocycles. The zero-order valence-corrected chi connectivity index (χ0v) is 12.8. The summed E-state index contributed by atoms with van der Waals surface area (Å²) in [6.45, 7) is 0. The highest BCUT2D eigenvalue weighted by atomic mass is 32.2. The van der Waals surface area contributed by atoms with Gasteiger partial charge in [0.2, 0.25) is 5.58 Å². The number of para-hydroxylation sites is 1. The van der Waals surface area contributed by atoms with E-state index in [4.69, 9.17) is 4.42 Å². The Morgan fingerprint density at radius 3 is 2.74 bits per heavy atom. The van der Waals surface area contributed by atoms with Crippen LogP contribution in [0.5, 0.6) is 5.75 Å². The van der Waals surface area contributed by atoms with Gasteiger partial charge in [0.05, 0.1) is 5.75 Å². The number of hydrogen-bond donors (Lipinski definition) is 2. The normalized spacial score (nSPS) is 11.3. The second kappa shape index (κ2) is 5.48. The number of phenolic OH excluding ortho intramolecular Hbond substituents is 1. The zero-order chi connectivity index (χ0) is 15.8. The predicted molar refractivity (Wildman–Crippen MR) is 89.8 cm³/mol. The predicted octanol–water partition coefficient (Wildman–Crippen LogP) is 3.67. The Labute approximate surface area is 135 Å². The summed E-state index contributed by atoms with van der Waals surface area (Å²) in [5, 5.41) is 10.1. The number of furan rings is 1. The molecule has 0 atom stereocenters. The van der Waals surface area contributed by atoms with Crippen LogP contribution in [0.1, 0.15) is 5.82 Å². The molecule has 4 aromatic rings. The summed E-state index contributed by atoms with van der Waals surface area (Å²) in [7, 11) is 0. The lowest BCUT2D eigenvalue weighted by Gasteiger charge is -2.02. The second-order valence-corrected chi connectivity index (χ2v) is 6.12. The summed E-state index contributed by atoms with van der Waals surface area (Å²) in [6, 6.07) is 14.4. The van der Waals surface area contributed by atoms with Crippen molar-refractivity contribution < 1.29 is 9.52 Å². The van der Waals surface area contributed by atoms with E-state index >= 15 is 0 Å².